The van der Waals surface area contributed by atoms with Crippen LogP contribution in [0.1, 0.15) is 25.0 Å². The summed E-state index contributed by atoms with van der Waals surface area (Å²) in [5.41, 5.74) is -1.03. The van der Waals surface area contributed by atoms with Crippen LogP contribution in [-0.4, -0.2) is 23.0 Å². The maximum atomic E-state index is 12.3. The molecule has 0 radical (unpaired) electrons. The molecule has 1 heterocycles. The number of nitrogens with zero attached hydrogens (tertiary/aromatic N) is 2. The van der Waals surface area contributed by atoms with Gasteiger partial charge in [0.15, 0.2) is 0 Å². The minimum atomic E-state index is -1.63. The molecule has 0 bridgehead atoms. The summed E-state index contributed by atoms with van der Waals surface area (Å²) >= 11 is 0. The molecule has 2 aromatic carbocycles. The predicted molar refractivity (Wildman–Crippen MR) is 88.1 cm³/mol. The number of aliphatic imine (C=N–C) groups is 1. The average molecular weight is 310 g/mol. The molecule has 0 saturated carbocycles. The second kappa shape index (κ2) is 5.50. The van der Waals surface area contributed by atoms with Crippen molar-refractivity contribution in [2.24, 2.45) is 4.99 Å². The van der Waals surface area contributed by atoms with Crippen molar-refractivity contribution in [2.45, 2.75) is 24.9 Å². The lowest BCUT2D eigenvalue weighted by Gasteiger charge is -2.25. The van der Waals surface area contributed by atoms with E-state index in [0.29, 0.717) is 17.7 Å². The van der Waals surface area contributed by atoms with E-state index in [1.54, 1.807) is 48.5 Å². The topological polar surface area (TPSA) is 64.7 Å². The van der Waals surface area contributed by atoms with Gasteiger partial charge in [-0.25, -0.2) is 4.99 Å². The first-order chi connectivity index (χ1) is 11.0. The van der Waals surface area contributed by atoms with Crippen LogP contribution < -0.4 is 0 Å². The Labute approximate surface area is 134 Å². The third kappa shape index (κ3) is 2.48. The summed E-state index contributed by atoms with van der Waals surface area (Å²) in [5, 5.41) is 12.3. The molecule has 0 unspecified atom stereocenters. The highest BCUT2D eigenvalue weighted by atomic mass is 16.6. The van der Waals surface area contributed by atoms with E-state index < -0.39 is 11.1 Å². The minimum Gasteiger partial charge on any atom is -0.473 e. The zero-order valence-electron chi connectivity index (χ0n) is 13.1. The van der Waals surface area contributed by atoms with Crippen LogP contribution in [-0.2, 0) is 10.3 Å². The van der Waals surface area contributed by atoms with Gasteiger partial charge in [0.2, 0.25) is 0 Å². The Balaban J connectivity index is 2.31. The van der Waals surface area contributed by atoms with Crippen molar-refractivity contribution in [1.29, 1.82) is 0 Å². The third-order valence-corrected chi connectivity index (χ3v) is 3.93. The van der Waals surface area contributed by atoms with Crippen LogP contribution in [0, 0.1) is 10.1 Å². The molecular formula is C18H18N2O3. The molecule has 0 aliphatic carbocycles. The largest absolute Gasteiger partial charge is 0.473 e. The Morgan fingerprint density at radius 1 is 1.04 bits per heavy atom. The quantitative estimate of drug-likeness (QED) is 0.642. The normalized spacial score (nSPS) is 16.5. The fourth-order valence-electron chi connectivity index (χ4n) is 2.83. The molecule has 118 valence electrons. The van der Waals surface area contributed by atoms with Gasteiger partial charge in [-0.1, -0.05) is 60.7 Å². The van der Waals surface area contributed by atoms with Crippen LogP contribution in [0.2, 0.25) is 0 Å². The van der Waals surface area contributed by atoms with E-state index in [0.717, 1.165) is 0 Å². The molecule has 0 amide bonds. The first kappa shape index (κ1) is 15.2. The Bertz CT molecular complexity index is 700. The van der Waals surface area contributed by atoms with Crippen LogP contribution >= 0.6 is 0 Å². The number of hydrogen-bond donors (Lipinski definition) is 0. The monoisotopic (exact) mass is 310 g/mol. The Morgan fingerprint density at radius 2 is 1.52 bits per heavy atom. The summed E-state index contributed by atoms with van der Waals surface area (Å²) < 4.78 is 5.71. The Morgan fingerprint density at radius 3 is 1.87 bits per heavy atom. The van der Waals surface area contributed by atoms with E-state index in [-0.39, 0.29) is 10.8 Å². The maximum absolute atomic E-state index is 12.3. The van der Waals surface area contributed by atoms with Crippen LogP contribution in [0.3, 0.4) is 0 Å². The molecule has 5 heteroatoms. The zero-order chi connectivity index (χ0) is 16.5. The molecule has 23 heavy (non-hydrogen) atoms. The van der Waals surface area contributed by atoms with E-state index in [1.807, 2.05) is 26.0 Å². The SMILES string of the molecule is CC1(C)COC(C(c2ccccc2)(c2ccccc2)[N+](=O)[O-])=N1. The van der Waals surface area contributed by atoms with Crippen molar-refractivity contribution in [1.82, 2.24) is 0 Å². The van der Waals surface area contributed by atoms with Gasteiger partial charge in [0.25, 0.3) is 5.90 Å². The van der Waals surface area contributed by atoms with Crippen molar-refractivity contribution in [2.75, 3.05) is 6.61 Å². The Hall–Kier alpha value is -2.69. The van der Waals surface area contributed by atoms with Crippen molar-refractivity contribution in [3.8, 4) is 0 Å². The zero-order valence-corrected chi connectivity index (χ0v) is 13.1. The molecule has 1 aliphatic rings. The van der Waals surface area contributed by atoms with E-state index in [1.165, 1.54) is 0 Å². The summed E-state index contributed by atoms with van der Waals surface area (Å²) in [6.45, 7) is 4.14. The smallest absolute Gasteiger partial charge is 0.345 e. The van der Waals surface area contributed by atoms with Crippen molar-refractivity contribution >= 4 is 5.90 Å². The lowest BCUT2D eigenvalue weighted by Crippen LogP contribution is -2.45. The van der Waals surface area contributed by atoms with Gasteiger partial charge < -0.3 is 4.74 Å². The maximum Gasteiger partial charge on any atom is 0.345 e. The fraction of sp³-hybridized carbons (Fsp3) is 0.278. The lowest BCUT2D eigenvalue weighted by molar-refractivity contribution is -0.545. The molecule has 5 nitrogen and oxygen atoms in total. The van der Waals surface area contributed by atoms with Gasteiger partial charge in [-0.05, 0) is 13.8 Å². The predicted octanol–water partition coefficient (Wildman–Crippen LogP) is 3.41. The minimum absolute atomic E-state index is 0.143. The van der Waals surface area contributed by atoms with Crippen LogP contribution in [0.15, 0.2) is 65.7 Å². The van der Waals surface area contributed by atoms with Crippen LogP contribution in [0.5, 0.6) is 0 Å². The molecule has 0 fully saturated rings. The number of hydrogen-bond acceptors (Lipinski definition) is 4. The lowest BCUT2D eigenvalue weighted by atomic mass is 9.83. The van der Waals surface area contributed by atoms with Crippen LogP contribution in [0.25, 0.3) is 0 Å². The fourth-order valence-corrected chi connectivity index (χ4v) is 2.83. The number of benzene rings is 2. The molecular weight excluding hydrogens is 292 g/mol. The van der Waals surface area contributed by atoms with E-state index in [9.17, 15) is 10.1 Å². The first-order valence-corrected chi connectivity index (χ1v) is 7.45. The van der Waals surface area contributed by atoms with Gasteiger partial charge >= 0.3 is 5.54 Å². The van der Waals surface area contributed by atoms with E-state index in [2.05, 4.69) is 4.99 Å². The molecule has 0 spiro atoms. The molecule has 0 atom stereocenters. The van der Waals surface area contributed by atoms with Gasteiger partial charge in [0.05, 0.1) is 5.54 Å². The van der Waals surface area contributed by atoms with Crippen molar-refractivity contribution < 1.29 is 9.66 Å². The molecule has 2 aromatic rings. The summed E-state index contributed by atoms with van der Waals surface area (Å²) in [6, 6.07) is 17.8. The van der Waals surface area contributed by atoms with E-state index >= 15 is 0 Å². The molecule has 1 aliphatic heterocycles. The second-order valence-electron chi connectivity index (χ2n) is 6.22. The highest BCUT2D eigenvalue weighted by Crippen LogP contribution is 2.38. The van der Waals surface area contributed by atoms with E-state index in [4.69, 9.17) is 4.74 Å². The van der Waals surface area contributed by atoms with Crippen molar-refractivity contribution in [3.63, 3.8) is 0 Å². The Kier molecular flexibility index (Phi) is 3.64. The molecule has 0 N–H and O–H groups in total. The molecule has 3 rings (SSSR count). The highest BCUT2D eigenvalue weighted by Gasteiger charge is 2.56. The van der Waals surface area contributed by atoms with Gasteiger partial charge in [0, 0.05) is 16.1 Å². The number of ether oxygens (including phenoxy) is 1. The van der Waals surface area contributed by atoms with Gasteiger partial charge in [0.1, 0.15) is 6.61 Å². The highest BCUT2D eigenvalue weighted by molar-refractivity contribution is 5.91. The average Bonchev–Trinajstić information content (AvgIpc) is 2.90. The third-order valence-electron chi connectivity index (χ3n) is 3.93. The first-order valence-electron chi connectivity index (χ1n) is 7.45. The summed E-state index contributed by atoms with van der Waals surface area (Å²) in [6.07, 6.45) is 0. The molecule has 0 aromatic heterocycles. The number of rotatable bonds is 4. The van der Waals surface area contributed by atoms with Gasteiger partial charge in [-0.2, -0.15) is 0 Å². The molecule has 0 saturated heterocycles. The summed E-state index contributed by atoms with van der Waals surface area (Å²) in [4.78, 5) is 16.5. The summed E-state index contributed by atoms with van der Waals surface area (Å²) in [7, 11) is 0. The van der Waals surface area contributed by atoms with Gasteiger partial charge in [-0.3, -0.25) is 10.1 Å². The number of nitro groups is 1. The standard InChI is InChI=1S/C18H18N2O3/c1-17(2)13-23-16(19-17)18(20(21)22,14-9-5-3-6-10-14)15-11-7-4-8-12-15/h3-12H,13H2,1-2H3. The van der Waals surface area contributed by atoms with Crippen molar-refractivity contribution in [3.05, 3.63) is 81.9 Å². The van der Waals surface area contributed by atoms with Gasteiger partial charge in [-0.15, -0.1) is 0 Å². The summed E-state index contributed by atoms with van der Waals surface area (Å²) in [5.74, 6) is 0.143. The van der Waals surface area contributed by atoms with Crippen LogP contribution in [0.4, 0.5) is 0 Å². The second-order valence-corrected chi connectivity index (χ2v) is 6.22.